The molecule has 0 saturated carbocycles. The average molecular weight is 412 g/mol. The standard InChI is InChI=1S/C27H29N3O/c1-29-16-18-30(19-17-29)21-23-12-14-25(15-13-23)28-27(31)26(24-10-6-3-7-11-24)20-22-8-4-2-5-9-22/h2-15,20H,16-19,21H2,1H3,(H,28,31)/b26-20-. The Morgan fingerprint density at radius 1 is 0.839 bits per heavy atom. The Labute approximate surface area is 184 Å². The second-order valence-electron chi connectivity index (χ2n) is 8.07. The summed E-state index contributed by atoms with van der Waals surface area (Å²) in [5.41, 5.74) is 4.62. The SMILES string of the molecule is CN1CCN(Cc2ccc(NC(=O)/C(=C\c3ccccc3)c3ccccc3)cc2)CC1. The minimum atomic E-state index is -0.109. The van der Waals surface area contributed by atoms with E-state index in [2.05, 4.69) is 34.3 Å². The first-order valence-corrected chi connectivity index (χ1v) is 10.8. The van der Waals surface area contributed by atoms with E-state index in [1.807, 2.05) is 78.9 Å². The maximum atomic E-state index is 13.2. The number of hydrogen-bond acceptors (Lipinski definition) is 3. The number of amides is 1. The van der Waals surface area contributed by atoms with Gasteiger partial charge in [0.1, 0.15) is 0 Å². The van der Waals surface area contributed by atoms with Crippen LogP contribution < -0.4 is 5.32 Å². The van der Waals surface area contributed by atoms with E-state index in [1.165, 1.54) is 5.56 Å². The molecular weight excluding hydrogens is 382 g/mol. The third-order valence-electron chi connectivity index (χ3n) is 5.65. The molecule has 3 aromatic rings. The van der Waals surface area contributed by atoms with Crippen molar-refractivity contribution in [3.8, 4) is 0 Å². The van der Waals surface area contributed by atoms with Crippen LogP contribution in [0.4, 0.5) is 5.69 Å². The highest BCUT2D eigenvalue weighted by atomic mass is 16.1. The molecule has 3 aromatic carbocycles. The van der Waals surface area contributed by atoms with E-state index in [4.69, 9.17) is 0 Å². The van der Waals surface area contributed by atoms with E-state index in [0.29, 0.717) is 5.57 Å². The summed E-state index contributed by atoms with van der Waals surface area (Å²) >= 11 is 0. The van der Waals surface area contributed by atoms with Crippen LogP contribution in [0.3, 0.4) is 0 Å². The molecule has 0 spiro atoms. The molecule has 0 unspecified atom stereocenters. The van der Waals surface area contributed by atoms with Gasteiger partial charge in [0.05, 0.1) is 0 Å². The van der Waals surface area contributed by atoms with E-state index < -0.39 is 0 Å². The number of nitrogens with one attached hydrogen (secondary N) is 1. The van der Waals surface area contributed by atoms with Crippen molar-refractivity contribution >= 4 is 23.2 Å². The lowest BCUT2D eigenvalue weighted by molar-refractivity contribution is -0.111. The summed E-state index contributed by atoms with van der Waals surface area (Å²) in [6.07, 6.45) is 1.94. The van der Waals surface area contributed by atoms with Crippen LogP contribution in [0.1, 0.15) is 16.7 Å². The molecule has 4 rings (SSSR count). The Bertz CT molecular complexity index is 1010. The summed E-state index contributed by atoms with van der Waals surface area (Å²) in [6, 6.07) is 27.9. The molecule has 0 aliphatic carbocycles. The maximum absolute atomic E-state index is 13.2. The van der Waals surface area contributed by atoms with Gasteiger partial charge in [0, 0.05) is 44.0 Å². The lowest BCUT2D eigenvalue weighted by atomic mass is 10.0. The first-order valence-electron chi connectivity index (χ1n) is 10.8. The van der Waals surface area contributed by atoms with Gasteiger partial charge in [-0.05, 0) is 41.9 Å². The van der Waals surface area contributed by atoms with Crippen molar-refractivity contribution in [2.45, 2.75) is 6.54 Å². The zero-order chi connectivity index (χ0) is 21.5. The highest BCUT2D eigenvalue weighted by Gasteiger charge is 2.15. The topological polar surface area (TPSA) is 35.6 Å². The van der Waals surface area contributed by atoms with E-state index in [9.17, 15) is 4.79 Å². The molecule has 4 heteroatoms. The largest absolute Gasteiger partial charge is 0.322 e. The van der Waals surface area contributed by atoms with Crippen LogP contribution in [0.25, 0.3) is 11.6 Å². The summed E-state index contributed by atoms with van der Waals surface area (Å²) in [5, 5.41) is 3.07. The molecule has 1 aliphatic rings. The first kappa shape index (κ1) is 21.0. The predicted octanol–water partition coefficient (Wildman–Crippen LogP) is 4.61. The van der Waals surface area contributed by atoms with E-state index in [1.54, 1.807) is 0 Å². The molecule has 4 nitrogen and oxygen atoms in total. The Hall–Kier alpha value is -3.21. The molecule has 1 fully saturated rings. The lowest BCUT2D eigenvalue weighted by Crippen LogP contribution is -2.43. The van der Waals surface area contributed by atoms with Gasteiger partial charge in [0.2, 0.25) is 0 Å². The summed E-state index contributed by atoms with van der Waals surface area (Å²) in [5.74, 6) is -0.109. The molecular formula is C27H29N3O. The van der Waals surface area contributed by atoms with Gasteiger partial charge >= 0.3 is 0 Å². The van der Waals surface area contributed by atoms with Crippen LogP contribution in [0, 0.1) is 0 Å². The fraction of sp³-hybridized carbons (Fsp3) is 0.222. The van der Waals surface area contributed by atoms with Gasteiger partial charge in [-0.2, -0.15) is 0 Å². The van der Waals surface area contributed by atoms with Gasteiger partial charge in [0.25, 0.3) is 5.91 Å². The van der Waals surface area contributed by atoms with Crippen LogP contribution >= 0.6 is 0 Å². The van der Waals surface area contributed by atoms with Crippen LogP contribution in [-0.2, 0) is 11.3 Å². The van der Waals surface area contributed by atoms with Crippen molar-refractivity contribution in [1.29, 1.82) is 0 Å². The number of hydrogen-bond donors (Lipinski definition) is 1. The average Bonchev–Trinajstić information content (AvgIpc) is 2.81. The normalized spacial score (nSPS) is 15.6. The number of benzene rings is 3. The van der Waals surface area contributed by atoms with Crippen LogP contribution in [0.2, 0.25) is 0 Å². The third-order valence-corrected chi connectivity index (χ3v) is 5.65. The van der Waals surface area contributed by atoms with Crippen molar-refractivity contribution in [1.82, 2.24) is 9.80 Å². The molecule has 1 saturated heterocycles. The third kappa shape index (κ3) is 5.91. The maximum Gasteiger partial charge on any atom is 0.256 e. The smallest absolute Gasteiger partial charge is 0.256 e. The van der Waals surface area contributed by atoms with Crippen molar-refractivity contribution in [3.63, 3.8) is 0 Å². The summed E-state index contributed by atoms with van der Waals surface area (Å²) in [6.45, 7) is 5.37. The van der Waals surface area contributed by atoms with E-state index in [0.717, 1.165) is 49.5 Å². The monoisotopic (exact) mass is 411 g/mol. The Morgan fingerprint density at radius 2 is 1.45 bits per heavy atom. The predicted molar refractivity (Wildman–Crippen MR) is 129 cm³/mol. The molecule has 0 bridgehead atoms. The van der Waals surface area contributed by atoms with Crippen molar-refractivity contribution in [2.24, 2.45) is 0 Å². The fourth-order valence-electron chi connectivity index (χ4n) is 3.77. The van der Waals surface area contributed by atoms with Gasteiger partial charge in [0.15, 0.2) is 0 Å². The fourth-order valence-corrected chi connectivity index (χ4v) is 3.77. The molecule has 1 aliphatic heterocycles. The number of carbonyl (C=O) groups is 1. The van der Waals surface area contributed by atoms with Crippen molar-refractivity contribution < 1.29 is 4.79 Å². The molecule has 1 N–H and O–H groups in total. The number of nitrogens with zero attached hydrogens (tertiary/aromatic N) is 2. The number of likely N-dealkylation sites (N-methyl/N-ethyl adjacent to an activating group) is 1. The zero-order valence-electron chi connectivity index (χ0n) is 18.0. The second kappa shape index (κ2) is 10.2. The van der Waals surface area contributed by atoms with E-state index in [-0.39, 0.29) is 5.91 Å². The van der Waals surface area contributed by atoms with Gasteiger partial charge in [-0.1, -0.05) is 72.8 Å². The summed E-state index contributed by atoms with van der Waals surface area (Å²) < 4.78 is 0. The van der Waals surface area contributed by atoms with Crippen LogP contribution in [0.5, 0.6) is 0 Å². The number of piperazine rings is 1. The van der Waals surface area contributed by atoms with Crippen LogP contribution in [-0.4, -0.2) is 48.9 Å². The highest BCUT2D eigenvalue weighted by Crippen LogP contribution is 2.21. The van der Waals surface area contributed by atoms with Crippen molar-refractivity contribution in [3.05, 3.63) is 102 Å². The molecule has 0 atom stereocenters. The Kier molecular flexibility index (Phi) is 6.92. The number of rotatable bonds is 6. The molecule has 158 valence electrons. The van der Waals surface area contributed by atoms with Crippen LogP contribution in [0.15, 0.2) is 84.9 Å². The van der Waals surface area contributed by atoms with Gasteiger partial charge in [-0.15, -0.1) is 0 Å². The highest BCUT2D eigenvalue weighted by molar-refractivity contribution is 6.29. The molecule has 31 heavy (non-hydrogen) atoms. The molecule has 0 radical (unpaired) electrons. The zero-order valence-corrected chi connectivity index (χ0v) is 18.0. The van der Waals surface area contributed by atoms with E-state index >= 15 is 0 Å². The number of anilines is 1. The number of carbonyl (C=O) groups excluding carboxylic acids is 1. The summed E-state index contributed by atoms with van der Waals surface area (Å²) in [4.78, 5) is 18.0. The van der Waals surface area contributed by atoms with Gasteiger partial charge in [-0.3, -0.25) is 9.69 Å². The minimum absolute atomic E-state index is 0.109. The van der Waals surface area contributed by atoms with Gasteiger partial charge in [-0.25, -0.2) is 0 Å². The Morgan fingerprint density at radius 3 is 2.10 bits per heavy atom. The molecule has 0 aromatic heterocycles. The molecule has 1 heterocycles. The lowest BCUT2D eigenvalue weighted by Gasteiger charge is -2.32. The Balaban J connectivity index is 1.46. The van der Waals surface area contributed by atoms with Gasteiger partial charge < -0.3 is 10.2 Å². The van der Waals surface area contributed by atoms with Crippen molar-refractivity contribution in [2.75, 3.05) is 38.5 Å². The summed E-state index contributed by atoms with van der Waals surface area (Å²) in [7, 11) is 2.17. The second-order valence-corrected chi connectivity index (χ2v) is 8.07. The minimum Gasteiger partial charge on any atom is -0.322 e. The molecule has 1 amide bonds. The first-order chi connectivity index (χ1) is 15.2. The quantitative estimate of drug-likeness (QED) is 0.475.